The zero-order valence-electron chi connectivity index (χ0n) is 30.6. The van der Waals surface area contributed by atoms with Gasteiger partial charge in [0.05, 0.1) is 50.8 Å². The predicted molar refractivity (Wildman–Crippen MR) is 180 cm³/mol. The first kappa shape index (κ1) is 40.6. The molecule has 0 amide bonds. The molecule has 0 bridgehead atoms. The zero-order chi connectivity index (χ0) is 38.2. The molecule has 300 valence electrons. The first-order chi connectivity index (χ1) is 24.4. The van der Waals surface area contributed by atoms with Crippen LogP contribution < -0.4 is 0 Å². The van der Waals surface area contributed by atoms with Crippen LogP contribution in [0, 0.1) is 51.8 Å². The Morgan fingerprint density at radius 2 is 1.33 bits per heavy atom. The van der Waals surface area contributed by atoms with E-state index in [0.717, 1.165) is 6.42 Å². The van der Waals surface area contributed by atoms with Crippen molar-refractivity contribution >= 4 is 5.97 Å². The molecule has 0 radical (unpaired) electrons. The Morgan fingerprint density at radius 3 is 1.85 bits per heavy atom. The van der Waals surface area contributed by atoms with Gasteiger partial charge >= 0.3 is 5.97 Å². The lowest BCUT2D eigenvalue weighted by Crippen LogP contribution is -2.79. The van der Waals surface area contributed by atoms with E-state index in [2.05, 4.69) is 13.8 Å². The van der Waals surface area contributed by atoms with E-state index >= 15 is 0 Å². The van der Waals surface area contributed by atoms with Gasteiger partial charge in [-0.15, -0.1) is 0 Å². The van der Waals surface area contributed by atoms with Crippen LogP contribution in [0.4, 0.5) is 0 Å². The Bertz CT molecular complexity index is 1230. The van der Waals surface area contributed by atoms with Gasteiger partial charge in [0, 0.05) is 11.8 Å². The van der Waals surface area contributed by atoms with E-state index in [1.807, 2.05) is 6.92 Å². The van der Waals surface area contributed by atoms with E-state index in [-0.39, 0.29) is 55.8 Å². The molecule has 21 atom stereocenters. The van der Waals surface area contributed by atoms with E-state index in [9.17, 15) is 61.0 Å². The largest absolute Gasteiger partial charge is 0.469 e. The van der Waals surface area contributed by atoms with Gasteiger partial charge in [0.1, 0.15) is 48.8 Å². The summed E-state index contributed by atoms with van der Waals surface area (Å²) in [6.45, 7) is 4.51. The van der Waals surface area contributed by atoms with Gasteiger partial charge in [0.2, 0.25) is 0 Å². The topological polar surface area (TPSA) is 267 Å². The molecule has 4 saturated carbocycles. The molecular weight excluding hydrogens is 684 g/mol. The van der Waals surface area contributed by atoms with Crippen molar-refractivity contribution in [1.29, 1.82) is 0 Å². The molecule has 11 N–H and O–H groups in total. The summed E-state index contributed by atoms with van der Waals surface area (Å²) in [7, 11) is 1.35. The molecule has 52 heavy (non-hydrogen) atoms. The number of aliphatic hydroxyl groups excluding tert-OH is 11. The third kappa shape index (κ3) is 5.83. The highest BCUT2D eigenvalue weighted by Crippen LogP contribution is 2.74. The van der Waals surface area contributed by atoms with Gasteiger partial charge in [0.25, 0.3) is 0 Å². The fraction of sp³-hybridized carbons (Fsp3) is 0.973. The maximum atomic E-state index is 12.4. The minimum atomic E-state index is -1.86. The highest BCUT2D eigenvalue weighted by Gasteiger charge is 2.76. The van der Waals surface area contributed by atoms with Crippen molar-refractivity contribution in [2.75, 3.05) is 20.3 Å². The molecular formula is C37H62O15. The van der Waals surface area contributed by atoms with Gasteiger partial charge in [-0.05, 0) is 91.3 Å². The van der Waals surface area contributed by atoms with Gasteiger partial charge in [-0.1, -0.05) is 20.8 Å². The minimum absolute atomic E-state index is 0.0182. The van der Waals surface area contributed by atoms with Crippen molar-refractivity contribution in [3.63, 3.8) is 0 Å². The van der Waals surface area contributed by atoms with Crippen LogP contribution in [0.25, 0.3) is 0 Å². The lowest BCUT2D eigenvalue weighted by molar-refractivity contribution is -0.365. The van der Waals surface area contributed by atoms with Gasteiger partial charge in [-0.2, -0.15) is 0 Å². The number of ether oxygens (including phenoxy) is 3. The van der Waals surface area contributed by atoms with Crippen LogP contribution in [-0.2, 0) is 19.0 Å². The number of methoxy groups -OCH3 is 1. The molecule has 4 aliphatic carbocycles. The Hall–Kier alpha value is -1.05. The summed E-state index contributed by atoms with van der Waals surface area (Å²) < 4.78 is 17.5. The summed E-state index contributed by atoms with van der Waals surface area (Å²) in [5.74, 6) is -1.98. The predicted octanol–water partition coefficient (Wildman–Crippen LogP) is -2.18. The molecule has 2 unspecified atom stereocenters. The molecule has 2 heterocycles. The smallest absolute Gasteiger partial charge is 0.305 e. The molecule has 15 heteroatoms. The average Bonchev–Trinajstić information content (AvgIpc) is 3.48. The summed E-state index contributed by atoms with van der Waals surface area (Å²) in [4.78, 5) is 12.0. The number of aliphatic hydroxyl groups is 11. The Labute approximate surface area is 304 Å². The van der Waals surface area contributed by atoms with Gasteiger partial charge in [-0.3, -0.25) is 4.79 Å². The van der Waals surface area contributed by atoms with Gasteiger partial charge < -0.3 is 70.4 Å². The molecule has 6 aliphatic rings. The third-order valence-corrected chi connectivity index (χ3v) is 15.8. The van der Waals surface area contributed by atoms with Crippen LogP contribution in [0.5, 0.6) is 0 Å². The molecule has 2 aliphatic heterocycles. The Balaban J connectivity index is 1.51. The van der Waals surface area contributed by atoms with Crippen molar-refractivity contribution in [2.45, 2.75) is 151 Å². The van der Waals surface area contributed by atoms with Gasteiger partial charge in [0.15, 0.2) is 0 Å². The lowest BCUT2D eigenvalue weighted by atomic mass is 9.35. The van der Waals surface area contributed by atoms with Crippen LogP contribution in [0.3, 0.4) is 0 Å². The van der Waals surface area contributed by atoms with E-state index in [4.69, 9.17) is 14.2 Å². The summed E-state index contributed by atoms with van der Waals surface area (Å²) in [6.07, 6.45) is -17.1. The SMILES string of the molecule is COC(=O)CC[C@@H](C)[C@H]1CC[C@H]2[C@@H]3[C@H](O)C[C@@H]4C[C@H](O)CC(C5O[C@H](CO)[C@@H](O)[C@H](O)[C@H]5O)(C5O[C@H](CO)[C@@H](O)[C@H](O)[C@H]5O)[C@]4(C)[C@H]3C[C@H](O)[C@]12C. The fourth-order valence-electron chi connectivity index (χ4n) is 13.2. The standard InChI is InChI=1S/C37H62O15/c1-15(5-8-25(43)50-4)18-6-7-19-26-20(11-24(42)35(18,19)2)36(3)16(10-21(26)41)9-17(40)12-37(36,33-31(48)29(46)27(44)22(13-38)51-33)34-32(49)30(47)28(45)23(14-39)52-34/h15-24,26-34,38-42,44-49H,5-14H2,1-4H3/t15-,16+,17+,18-,19+,20+,21-,22-,23-,24+,26+,27-,28-,29+,30+,31-,32-,33?,34?,35-,36+,37?/m1/s1. The monoisotopic (exact) mass is 746 g/mol. The molecule has 6 rings (SSSR count). The number of carbonyl (C=O) groups excluding carboxylic acids is 1. The van der Waals surface area contributed by atoms with Crippen molar-refractivity contribution < 1.29 is 75.2 Å². The number of rotatable bonds is 8. The van der Waals surface area contributed by atoms with Crippen molar-refractivity contribution in [3.8, 4) is 0 Å². The molecule has 6 fully saturated rings. The second-order valence-corrected chi connectivity index (χ2v) is 17.6. The van der Waals surface area contributed by atoms with Crippen molar-refractivity contribution in [3.05, 3.63) is 0 Å². The lowest BCUT2D eigenvalue weighted by Gasteiger charge is -2.72. The van der Waals surface area contributed by atoms with Crippen molar-refractivity contribution in [1.82, 2.24) is 0 Å². The maximum Gasteiger partial charge on any atom is 0.305 e. The highest BCUT2D eigenvalue weighted by atomic mass is 16.6. The first-order valence-corrected chi connectivity index (χ1v) is 19.2. The number of esters is 1. The van der Waals surface area contributed by atoms with Crippen molar-refractivity contribution in [2.24, 2.45) is 51.8 Å². The maximum absolute atomic E-state index is 12.4. The quantitative estimate of drug-likeness (QED) is 0.118. The minimum Gasteiger partial charge on any atom is -0.469 e. The summed E-state index contributed by atoms with van der Waals surface area (Å²) in [5, 5.41) is 124. The van der Waals surface area contributed by atoms with E-state index in [0.29, 0.717) is 12.8 Å². The van der Waals surface area contributed by atoms with Gasteiger partial charge in [-0.25, -0.2) is 0 Å². The number of hydrogen-bond donors (Lipinski definition) is 11. The highest BCUT2D eigenvalue weighted by molar-refractivity contribution is 5.69. The third-order valence-electron chi connectivity index (χ3n) is 15.8. The van der Waals surface area contributed by atoms with Crippen LogP contribution in [-0.4, -0.2) is 162 Å². The zero-order valence-corrected chi connectivity index (χ0v) is 30.6. The first-order valence-electron chi connectivity index (χ1n) is 19.2. The average molecular weight is 747 g/mol. The van der Waals surface area contributed by atoms with Crippen LogP contribution in [0.2, 0.25) is 0 Å². The molecule has 2 saturated heterocycles. The molecule has 0 aromatic rings. The number of carbonyl (C=O) groups is 1. The Morgan fingerprint density at radius 1 is 0.769 bits per heavy atom. The molecule has 0 aromatic heterocycles. The molecule has 0 spiro atoms. The van der Waals surface area contributed by atoms with Crippen LogP contribution >= 0.6 is 0 Å². The summed E-state index contributed by atoms with van der Waals surface area (Å²) in [6, 6.07) is 0. The number of hydrogen-bond acceptors (Lipinski definition) is 15. The molecule has 0 aromatic carbocycles. The number of fused-ring (bicyclic) bond motifs is 5. The Kier molecular flexibility index (Phi) is 11.6. The van der Waals surface area contributed by atoms with Crippen LogP contribution in [0.1, 0.15) is 72.1 Å². The molecule has 15 nitrogen and oxygen atoms in total. The fourth-order valence-corrected chi connectivity index (χ4v) is 13.2. The summed E-state index contributed by atoms with van der Waals surface area (Å²) in [5.41, 5.74) is -3.61. The van der Waals surface area contributed by atoms with E-state index < -0.39 is 127 Å². The van der Waals surface area contributed by atoms with Crippen LogP contribution in [0.15, 0.2) is 0 Å². The van der Waals surface area contributed by atoms with E-state index in [1.165, 1.54) is 7.11 Å². The van der Waals surface area contributed by atoms with E-state index in [1.54, 1.807) is 0 Å². The summed E-state index contributed by atoms with van der Waals surface area (Å²) >= 11 is 0. The normalized spacial score (nSPS) is 55.5. The second kappa shape index (κ2) is 14.8. The second-order valence-electron chi connectivity index (χ2n) is 17.6.